The number of para-hydroxylation sites is 1. The highest BCUT2D eigenvalue weighted by Gasteiger charge is 2.31. The maximum atomic E-state index is 13.5. The number of carboxylic acids is 1. The number of fused-ring (bicyclic) bond motifs is 2. The largest absolute Gasteiger partial charge is 0.483 e. The first kappa shape index (κ1) is 32.6. The fourth-order valence-electron chi connectivity index (χ4n) is 5.45. The van der Waals surface area contributed by atoms with Gasteiger partial charge in [0.15, 0.2) is 6.61 Å². The van der Waals surface area contributed by atoms with Gasteiger partial charge in [-0.3, -0.25) is 19.2 Å². The number of aryl methyl sites for hydroxylation is 1. The van der Waals surface area contributed by atoms with Crippen molar-refractivity contribution < 1.29 is 38.6 Å². The number of thiazole rings is 1. The summed E-state index contributed by atoms with van der Waals surface area (Å²) in [4.78, 5) is 78.3. The average molecular weight is 653 g/mol. The second-order valence-corrected chi connectivity index (χ2v) is 12.2. The van der Waals surface area contributed by atoms with Crippen LogP contribution in [-0.2, 0) is 32.1 Å². The molecule has 2 aromatic heterocycles. The molecule has 15 heteroatoms. The summed E-state index contributed by atoms with van der Waals surface area (Å²) in [6.45, 7) is 5.55. The fourth-order valence-corrected chi connectivity index (χ4v) is 6.45. The smallest absolute Gasteiger partial charge is 0.409 e. The molecular formula is C31H36N6O8S. The third-order valence-corrected chi connectivity index (χ3v) is 8.82. The van der Waals surface area contributed by atoms with Crippen molar-refractivity contribution in [3.63, 3.8) is 0 Å². The van der Waals surface area contributed by atoms with Gasteiger partial charge in [-0.1, -0.05) is 12.1 Å². The van der Waals surface area contributed by atoms with Crippen LogP contribution in [0.5, 0.6) is 5.75 Å². The van der Waals surface area contributed by atoms with E-state index in [0.29, 0.717) is 30.4 Å². The Morgan fingerprint density at radius 1 is 1.02 bits per heavy atom. The van der Waals surface area contributed by atoms with E-state index in [0.717, 1.165) is 15.6 Å². The number of benzene rings is 1. The second kappa shape index (κ2) is 14.5. The zero-order chi connectivity index (χ0) is 32.8. The molecule has 4 amide bonds. The number of piperazine rings is 1. The minimum Gasteiger partial charge on any atom is -0.483 e. The maximum Gasteiger partial charge on any atom is 0.409 e. The molecule has 0 spiro atoms. The molecule has 46 heavy (non-hydrogen) atoms. The third kappa shape index (κ3) is 7.70. The van der Waals surface area contributed by atoms with Crippen LogP contribution in [-0.4, -0.2) is 112 Å². The third-order valence-electron chi connectivity index (χ3n) is 7.82. The Balaban J connectivity index is 1.28. The van der Waals surface area contributed by atoms with Gasteiger partial charge in [0, 0.05) is 61.9 Å². The van der Waals surface area contributed by atoms with Crippen LogP contribution in [0.4, 0.5) is 4.79 Å². The number of hydrogen-bond donors (Lipinski definition) is 2. The molecule has 1 aromatic carbocycles. The highest BCUT2D eigenvalue weighted by molar-refractivity contribution is 7.11. The maximum absolute atomic E-state index is 13.5. The number of carbonyl (C=O) groups excluding carboxylic acids is 4. The first-order chi connectivity index (χ1) is 22.1. The van der Waals surface area contributed by atoms with Crippen LogP contribution in [0.2, 0.25) is 0 Å². The topological polar surface area (TPSA) is 172 Å². The summed E-state index contributed by atoms with van der Waals surface area (Å²) < 4.78 is 11.0. The molecule has 244 valence electrons. The van der Waals surface area contributed by atoms with E-state index in [1.807, 2.05) is 6.92 Å². The van der Waals surface area contributed by atoms with E-state index < -0.39 is 29.9 Å². The molecule has 0 bridgehead atoms. The van der Waals surface area contributed by atoms with Gasteiger partial charge >= 0.3 is 12.1 Å². The number of carboxylic acid groups (broad SMARTS) is 1. The van der Waals surface area contributed by atoms with Crippen molar-refractivity contribution in [2.24, 2.45) is 0 Å². The number of aliphatic carboxylic acids is 1. The molecule has 0 saturated carbocycles. The lowest BCUT2D eigenvalue weighted by molar-refractivity contribution is -0.138. The summed E-state index contributed by atoms with van der Waals surface area (Å²) in [5.41, 5.74) is 1.43. The summed E-state index contributed by atoms with van der Waals surface area (Å²) in [6, 6.07) is 7.29. The van der Waals surface area contributed by atoms with Crippen LogP contribution in [0.25, 0.3) is 10.9 Å². The van der Waals surface area contributed by atoms with Crippen molar-refractivity contribution in [3.8, 4) is 5.75 Å². The summed E-state index contributed by atoms with van der Waals surface area (Å²) in [5, 5.41) is 13.5. The van der Waals surface area contributed by atoms with Gasteiger partial charge in [0.25, 0.3) is 11.8 Å². The molecule has 2 N–H and O–H groups in total. The van der Waals surface area contributed by atoms with E-state index in [4.69, 9.17) is 9.47 Å². The molecule has 2 aliphatic heterocycles. The molecular weight excluding hydrogens is 616 g/mol. The Kier molecular flexibility index (Phi) is 10.3. The Morgan fingerprint density at radius 3 is 2.50 bits per heavy atom. The Labute approximate surface area is 269 Å². The monoisotopic (exact) mass is 652 g/mol. The summed E-state index contributed by atoms with van der Waals surface area (Å²) >= 11 is 1.58. The predicted octanol–water partition coefficient (Wildman–Crippen LogP) is 2.23. The van der Waals surface area contributed by atoms with Gasteiger partial charge in [0.05, 0.1) is 29.4 Å². The van der Waals surface area contributed by atoms with Crippen LogP contribution < -0.4 is 10.1 Å². The molecule has 0 aliphatic carbocycles. The highest BCUT2D eigenvalue weighted by Crippen LogP contribution is 2.27. The van der Waals surface area contributed by atoms with E-state index in [1.165, 1.54) is 15.9 Å². The number of hydrogen-bond acceptors (Lipinski definition) is 10. The normalized spacial score (nSPS) is 15.2. The van der Waals surface area contributed by atoms with Crippen LogP contribution in [0.15, 0.2) is 30.3 Å². The number of ether oxygens (including phenoxy) is 2. The van der Waals surface area contributed by atoms with E-state index in [1.54, 1.807) is 47.4 Å². The molecule has 1 saturated heterocycles. The standard InChI is InChI=1S/C31H36N6O8S/c1-3-44-31(43)36-14-12-35(13-15-36)30(42)23(8-9-28(39)40)34-29(41)24-16-25(20-6-4-5-7-21(20)33-24)45-18-27(38)37-11-10-22-26(17-37)46-19(2)32-22/h4-7,16,23H,3,8-15,17-18H2,1-2H3,(H,34,41)(H,39,40)/t23-/m0/s1. The molecule has 2 aliphatic rings. The number of amides is 4. The summed E-state index contributed by atoms with van der Waals surface area (Å²) in [5.74, 6) is -2.19. The summed E-state index contributed by atoms with van der Waals surface area (Å²) in [7, 11) is 0. The van der Waals surface area contributed by atoms with Gasteiger partial charge in [-0.05, 0) is 32.4 Å². The number of aromatic nitrogens is 2. The van der Waals surface area contributed by atoms with Crippen molar-refractivity contribution in [2.75, 3.05) is 45.9 Å². The van der Waals surface area contributed by atoms with Crippen molar-refractivity contribution in [2.45, 2.75) is 45.7 Å². The lowest BCUT2D eigenvalue weighted by Gasteiger charge is -2.35. The fraction of sp³-hybridized carbons (Fsp3) is 0.452. The Hall–Kier alpha value is -4.79. The predicted molar refractivity (Wildman–Crippen MR) is 167 cm³/mol. The van der Waals surface area contributed by atoms with Crippen LogP contribution in [0.1, 0.15) is 45.8 Å². The molecule has 1 atom stereocenters. The highest BCUT2D eigenvalue weighted by atomic mass is 32.1. The van der Waals surface area contributed by atoms with Crippen LogP contribution in [0, 0.1) is 6.92 Å². The zero-order valence-electron chi connectivity index (χ0n) is 25.7. The first-order valence-electron chi connectivity index (χ1n) is 15.1. The molecule has 14 nitrogen and oxygen atoms in total. The molecule has 3 aromatic rings. The SMILES string of the molecule is CCOC(=O)N1CCN(C(=O)[C@H](CCC(=O)O)NC(=O)c2cc(OCC(=O)N3CCc4nc(C)sc4C3)c3ccccc3n2)CC1. The zero-order valence-corrected chi connectivity index (χ0v) is 26.5. The minimum absolute atomic E-state index is 0.0517. The van der Waals surface area contributed by atoms with Crippen molar-refractivity contribution in [1.29, 1.82) is 0 Å². The van der Waals surface area contributed by atoms with E-state index in [-0.39, 0.29) is 69.6 Å². The molecule has 1 fully saturated rings. The van der Waals surface area contributed by atoms with Gasteiger partial charge in [0.1, 0.15) is 17.5 Å². The molecule has 0 radical (unpaired) electrons. The van der Waals surface area contributed by atoms with Crippen LogP contribution >= 0.6 is 11.3 Å². The lowest BCUT2D eigenvalue weighted by Crippen LogP contribution is -2.56. The van der Waals surface area contributed by atoms with Gasteiger partial charge in [-0.2, -0.15) is 0 Å². The van der Waals surface area contributed by atoms with Gasteiger partial charge in [0.2, 0.25) is 5.91 Å². The Bertz CT molecular complexity index is 1640. The van der Waals surface area contributed by atoms with Gasteiger partial charge < -0.3 is 34.6 Å². The Morgan fingerprint density at radius 2 is 1.76 bits per heavy atom. The first-order valence-corrected chi connectivity index (χ1v) is 15.9. The number of carbonyl (C=O) groups is 5. The molecule has 5 rings (SSSR count). The average Bonchev–Trinajstić information content (AvgIpc) is 3.44. The number of nitrogens with one attached hydrogen (secondary N) is 1. The number of rotatable bonds is 10. The lowest BCUT2D eigenvalue weighted by atomic mass is 10.1. The number of nitrogens with zero attached hydrogens (tertiary/aromatic N) is 5. The molecule has 4 heterocycles. The number of pyridine rings is 1. The van der Waals surface area contributed by atoms with Gasteiger partial charge in [-0.15, -0.1) is 11.3 Å². The molecule has 0 unspecified atom stereocenters. The van der Waals surface area contributed by atoms with Crippen molar-refractivity contribution in [3.05, 3.63) is 51.6 Å². The minimum atomic E-state index is -1.14. The summed E-state index contributed by atoms with van der Waals surface area (Å²) in [6.07, 6.45) is -0.274. The quantitative estimate of drug-likeness (QED) is 0.331. The van der Waals surface area contributed by atoms with Crippen molar-refractivity contribution >= 4 is 52.0 Å². The second-order valence-electron chi connectivity index (χ2n) is 10.9. The van der Waals surface area contributed by atoms with Crippen molar-refractivity contribution in [1.82, 2.24) is 30.0 Å². The van der Waals surface area contributed by atoms with Crippen LogP contribution in [0.3, 0.4) is 0 Å². The van der Waals surface area contributed by atoms with E-state index in [9.17, 15) is 29.1 Å². The van der Waals surface area contributed by atoms with E-state index in [2.05, 4.69) is 15.3 Å². The van der Waals surface area contributed by atoms with E-state index >= 15 is 0 Å². The van der Waals surface area contributed by atoms with Gasteiger partial charge in [-0.25, -0.2) is 14.8 Å².